The van der Waals surface area contributed by atoms with E-state index >= 15 is 0 Å². The number of nitrogens with one attached hydrogen (secondary N) is 1. The first-order chi connectivity index (χ1) is 14.8. The highest BCUT2D eigenvalue weighted by atomic mass is 16.7. The Bertz CT molecular complexity index is 925. The van der Waals surface area contributed by atoms with Gasteiger partial charge in [-0.1, -0.05) is 66.7 Å². The molecule has 0 saturated carbocycles. The first-order valence-electron chi connectivity index (χ1n) is 10.7. The minimum Gasteiger partial charge on any atom is -0.474 e. The highest BCUT2D eigenvalue weighted by Gasteiger charge is 2.53. The summed E-state index contributed by atoms with van der Waals surface area (Å²) in [6, 6.07) is 20.2. The molecule has 2 aromatic carbocycles. The van der Waals surface area contributed by atoms with Crippen LogP contribution in [0.4, 0.5) is 0 Å². The number of allylic oxidation sites excluding steroid dienone is 2. The van der Waals surface area contributed by atoms with Crippen LogP contribution in [0.1, 0.15) is 38.8 Å². The molecule has 31 heavy (non-hydrogen) atoms. The fourth-order valence-corrected chi connectivity index (χ4v) is 3.42. The van der Waals surface area contributed by atoms with Gasteiger partial charge in [-0.3, -0.25) is 0 Å². The number of rotatable bonds is 7. The van der Waals surface area contributed by atoms with Crippen molar-refractivity contribution in [3.05, 3.63) is 95.3 Å². The summed E-state index contributed by atoms with van der Waals surface area (Å²) in [5.74, 6) is 0.655. The van der Waals surface area contributed by atoms with Gasteiger partial charge in [-0.25, -0.2) is 0 Å². The lowest BCUT2D eigenvalue weighted by Gasteiger charge is -2.32. The molecule has 2 heterocycles. The predicted octanol–water partition coefficient (Wildman–Crippen LogP) is 4.75. The van der Waals surface area contributed by atoms with E-state index in [1.807, 2.05) is 101 Å². The highest BCUT2D eigenvalue weighted by Crippen LogP contribution is 2.39. The van der Waals surface area contributed by atoms with Gasteiger partial charge in [0.1, 0.15) is 12.8 Å². The number of dihydropyridines is 1. The summed E-state index contributed by atoms with van der Waals surface area (Å²) in [6.45, 7) is 9.13. The van der Waals surface area contributed by atoms with Gasteiger partial charge in [0.25, 0.3) is 0 Å². The summed E-state index contributed by atoms with van der Waals surface area (Å²) in [4.78, 5) is 0. The van der Waals surface area contributed by atoms with E-state index in [9.17, 15) is 0 Å². The second-order valence-corrected chi connectivity index (χ2v) is 8.88. The number of ether oxygens (including phenoxy) is 2. The van der Waals surface area contributed by atoms with Crippen molar-refractivity contribution in [3.8, 4) is 0 Å². The molecule has 5 nitrogen and oxygen atoms in total. The van der Waals surface area contributed by atoms with Crippen molar-refractivity contribution in [2.75, 3.05) is 0 Å². The van der Waals surface area contributed by atoms with Crippen molar-refractivity contribution in [3.63, 3.8) is 0 Å². The van der Waals surface area contributed by atoms with Gasteiger partial charge in [-0.15, -0.1) is 0 Å². The summed E-state index contributed by atoms with van der Waals surface area (Å²) in [6.07, 6.45) is 3.46. The average molecular weight is 419 g/mol. The molecular weight excluding hydrogens is 389 g/mol. The lowest BCUT2D eigenvalue weighted by atomic mass is 9.75. The molecule has 0 radical (unpaired) electrons. The Hall–Kier alpha value is -2.54. The topological polar surface area (TPSA) is 49.0 Å². The molecule has 2 aliphatic rings. The van der Waals surface area contributed by atoms with Crippen LogP contribution in [-0.4, -0.2) is 24.5 Å². The van der Waals surface area contributed by atoms with Gasteiger partial charge < -0.3 is 24.1 Å². The van der Waals surface area contributed by atoms with Crippen molar-refractivity contribution in [1.29, 1.82) is 0 Å². The fourth-order valence-electron chi connectivity index (χ4n) is 3.42. The SMILES string of the molecule is CC1(C)OB(C2=CC=C(OCc3ccccc3)NC2OCc2ccccc2)OC1(C)C. The van der Waals surface area contributed by atoms with Crippen molar-refractivity contribution < 1.29 is 18.8 Å². The van der Waals surface area contributed by atoms with E-state index in [1.165, 1.54) is 0 Å². The third kappa shape index (κ3) is 5.04. The zero-order valence-electron chi connectivity index (χ0n) is 18.6. The number of benzene rings is 2. The van der Waals surface area contributed by atoms with Gasteiger partial charge in [0, 0.05) is 5.47 Å². The van der Waals surface area contributed by atoms with Crippen LogP contribution in [0.25, 0.3) is 0 Å². The van der Waals surface area contributed by atoms with Gasteiger partial charge in [0.15, 0.2) is 5.88 Å². The molecule has 0 spiro atoms. The lowest BCUT2D eigenvalue weighted by molar-refractivity contribution is 0.00578. The zero-order valence-corrected chi connectivity index (χ0v) is 18.6. The van der Waals surface area contributed by atoms with E-state index in [1.54, 1.807) is 0 Å². The Labute approximate surface area is 185 Å². The molecule has 4 rings (SSSR count). The van der Waals surface area contributed by atoms with E-state index in [-0.39, 0.29) is 0 Å². The number of hydrogen-bond acceptors (Lipinski definition) is 5. The van der Waals surface area contributed by atoms with E-state index in [0.717, 1.165) is 16.6 Å². The van der Waals surface area contributed by atoms with Crippen LogP contribution in [0.3, 0.4) is 0 Å². The molecule has 6 heteroatoms. The quantitative estimate of drug-likeness (QED) is 0.657. The minimum absolute atomic E-state index is 0.420. The van der Waals surface area contributed by atoms with Crippen molar-refractivity contribution in [2.24, 2.45) is 0 Å². The van der Waals surface area contributed by atoms with Gasteiger partial charge in [0.05, 0.1) is 17.8 Å². The maximum absolute atomic E-state index is 6.27. The van der Waals surface area contributed by atoms with Crippen molar-refractivity contribution in [1.82, 2.24) is 5.32 Å². The molecule has 0 aromatic heterocycles. The van der Waals surface area contributed by atoms with E-state index < -0.39 is 24.5 Å². The monoisotopic (exact) mass is 419 g/mol. The fraction of sp³-hybridized carbons (Fsp3) is 0.360. The van der Waals surface area contributed by atoms with Crippen LogP contribution in [-0.2, 0) is 32.0 Å². The average Bonchev–Trinajstić information content (AvgIpc) is 2.99. The lowest BCUT2D eigenvalue weighted by Crippen LogP contribution is -2.42. The normalized spacial score (nSPS) is 21.8. The predicted molar refractivity (Wildman–Crippen MR) is 122 cm³/mol. The van der Waals surface area contributed by atoms with Gasteiger partial charge in [0.2, 0.25) is 0 Å². The second-order valence-electron chi connectivity index (χ2n) is 8.88. The Morgan fingerprint density at radius 3 is 1.94 bits per heavy atom. The molecule has 2 aliphatic heterocycles. The van der Waals surface area contributed by atoms with Gasteiger partial charge in [-0.2, -0.15) is 0 Å². The molecule has 162 valence electrons. The second kappa shape index (κ2) is 8.91. The Kier molecular flexibility index (Phi) is 6.23. The zero-order chi connectivity index (χ0) is 21.9. The Morgan fingerprint density at radius 1 is 0.806 bits per heavy atom. The molecule has 0 amide bonds. The van der Waals surface area contributed by atoms with Crippen LogP contribution < -0.4 is 5.32 Å². The smallest absolute Gasteiger partial charge is 0.474 e. The van der Waals surface area contributed by atoms with Gasteiger partial charge >= 0.3 is 7.12 Å². The van der Waals surface area contributed by atoms with Crippen LogP contribution in [0, 0.1) is 0 Å². The maximum atomic E-state index is 6.27. The molecule has 1 saturated heterocycles. The highest BCUT2D eigenvalue weighted by molar-refractivity contribution is 6.55. The van der Waals surface area contributed by atoms with Crippen molar-refractivity contribution >= 4 is 7.12 Å². The summed E-state index contributed by atoms with van der Waals surface area (Å²) in [5, 5.41) is 3.36. The van der Waals surface area contributed by atoms with Crippen LogP contribution in [0.15, 0.2) is 84.2 Å². The molecule has 1 atom stereocenters. The summed E-state index contributed by atoms with van der Waals surface area (Å²) >= 11 is 0. The van der Waals surface area contributed by atoms with Crippen LogP contribution in [0.2, 0.25) is 0 Å². The third-order valence-corrected chi connectivity index (χ3v) is 6.03. The molecule has 0 bridgehead atoms. The minimum atomic E-state index is -0.495. The van der Waals surface area contributed by atoms with Crippen LogP contribution >= 0.6 is 0 Å². The van der Waals surface area contributed by atoms with Gasteiger partial charge in [-0.05, 0) is 44.9 Å². The third-order valence-electron chi connectivity index (χ3n) is 6.03. The summed E-state index contributed by atoms with van der Waals surface area (Å²) in [5.41, 5.74) is 2.25. The summed E-state index contributed by atoms with van der Waals surface area (Å²) in [7, 11) is -0.495. The standard InChI is InChI=1S/C25H30BNO4/c1-24(2)25(3,4)31-26(30-24)21-15-16-22(28-17-19-11-7-5-8-12-19)27-23(21)29-18-20-13-9-6-10-14-20/h5-16,23,27H,17-18H2,1-4H3. The molecule has 0 aliphatic carbocycles. The molecule has 2 aromatic rings. The molecule has 1 fully saturated rings. The Balaban J connectivity index is 1.50. The van der Waals surface area contributed by atoms with Crippen molar-refractivity contribution in [2.45, 2.75) is 58.3 Å². The van der Waals surface area contributed by atoms with E-state index in [2.05, 4.69) is 5.32 Å². The first kappa shape index (κ1) is 21.7. The van der Waals surface area contributed by atoms with E-state index in [0.29, 0.717) is 19.1 Å². The molecule has 1 N–H and O–H groups in total. The van der Waals surface area contributed by atoms with E-state index in [4.69, 9.17) is 18.8 Å². The first-order valence-corrected chi connectivity index (χ1v) is 10.7. The largest absolute Gasteiger partial charge is 0.495 e. The Morgan fingerprint density at radius 2 is 1.35 bits per heavy atom. The maximum Gasteiger partial charge on any atom is 0.495 e. The van der Waals surface area contributed by atoms with Crippen LogP contribution in [0.5, 0.6) is 0 Å². The molecular formula is C25H30BNO4. The number of hydrogen-bond donors (Lipinski definition) is 1. The molecule has 1 unspecified atom stereocenters. The summed E-state index contributed by atoms with van der Waals surface area (Å²) < 4.78 is 24.8.